The molecule has 98 valence electrons. The average Bonchev–Trinajstić information content (AvgIpc) is 3.11. The molecule has 0 amide bonds. The SMILES string of the molecule is O=C(n1ccnc1)C1(c2ccc(Cl)cc2)CCCC1. The maximum atomic E-state index is 12.8. The quantitative estimate of drug-likeness (QED) is 0.837. The van der Waals surface area contributed by atoms with Gasteiger partial charge >= 0.3 is 0 Å². The van der Waals surface area contributed by atoms with Gasteiger partial charge in [0, 0.05) is 17.4 Å². The van der Waals surface area contributed by atoms with Gasteiger partial charge in [0.25, 0.3) is 0 Å². The van der Waals surface area contributed by atoms with Crippen molar-refractivity contribution in [3.05, 3.63) is 53.6 Å². The van der Waals surface area contributed by atoms with Crippen LogP contribution in [0, 0.1) is 0 Å². The van der Waals surface area contributed by atoms with E-state index in [1.54, 1.807) is 23.3 Å². The molecule has 0 N–H and O–H groups in total. The lowest BCUT2D eigenvalue weighted by atomic mass is 9.78. The molecule has 3 rings (SSSR count). The Morgan fingerprint density at radius 2 is 1.89 bits per heavy atom. The van der Waals surface area contributed by atoms with E-state index < -0.39 is 5.41 Å². The topological polar surface area (TPSA) is 34.9 Å². The molecule has 0 bridgehead atoms. The van der Waals surface area contributed by atoms with Gasteiger partial charge in [0.05, 0.1) is 5.41 Å². The van der Waals surface area contributed by atoms with Gasteiger partial charge in [-0.15, -0.1) is 0 Å². The lowest BCUT2D eigenvalue weighted by molar-refractivity contribution is 0.0797. The number of nitrogens with zero attached hydrogens (tertiary/aromatic N) is 2. The van der Waals surface area contributed by atoms with Crippen LogP contribution in [0.1, 0.15) is 36.0 Å². The third-order valence-corrected chi connectivity index (χ3v) is 4.25. The van der Waals surface area contributed by atoms with Gasteiger partial charge in [-0.05, 0) is 30.5 Å². The number of carbonyl (C=O) groups is 1. The summed E-state index contributed by atoms with van der Waals surface area (Å²) in [5.41, 5.74) is 0.652. The highest BCUT2D eigenvalue weighted by molar-refractivity contribution is 6.30. The third kappa shape index (κ3) is 2.08. The molecule has 0 radical (unpaired) electrons. The number of hydrogen-bond acceptors (Lipinski definition) is 2. The molecule has 1 fully saturated rings. The number of imidazole rings is 1. The molecular weight excluding hydrogens is 260 g/mol. The average molecular weight is 275 g/mol. The molecule has 4 heteroatoms. The van der Waals surface area contributed by atoms with Crippen LogP contribution in [0.2, 0.25) is 5.02 Å². The zero-order valence-electron chi connectivity index (χ0n) is 10.6. The summed E-state index contributed by atoms with van der Waals surface area (Å²) in [5, 5.41) is 0.701. The summed E-state index contributed by atoms with van der Waals surface area (Å²) in [4.78, 5) is 16.8. The van der Waals surface area contributed by atoms with Gasteiger partial charge in [-0.1, -0.05) is 36.6 Å². The van der Waals surface area contributed by atoms with E-state index in [-0.39, 0.29) is 5.91 Å². The molecule has 1 aliphatic carbocycles. The van der Waals surface area contributed by atoms with Crippen LogP contribution < -0.4 is 0 Å². The molecule has 0 atom stereocenters. The largest absolute Gasteiger partial charge is 0.276 e. The Balaban J connectivity index is 2.04. The van der Waals surface area contributed by atoms with E-state index in [9.17, 15) is 4.79 Å². The third-order valence-electron chi connectivity index (χ3n) is 4.00. The summed E-state index contributed by atoms with van der Waals surface area (Å²) in [7, 11) is 0. The second-order valence-corrected chi connectivity index (χ2v) is 5.51. The van der Waals surface area contributed by atoms with Crippen LogP contribution in [-0.4, -0.2) is 15.5 Å². The monoisotopic (exact) mass is 274 g/mol. The van der Waals surface area contributed by atoms with Gasteiger partial charge in [0.15, 0.2) is 0 Å². The lowest BCUT2D eigenvalue weighted by Gasteiger charge is -2.28. The van der Waals surface area contributed by atoms with Gasteiger partial charge in [0.1, 0.15) is 6.33 Å². The Labute approximate surface area is 117 Å². The molecule has 0 unspecified atom stereocenters. The van der Waals surface area contributed by atoms with Crippen molar-refractivity contribution in [3.8, 4) is 0 Å². The van der Waals surface area contributed by atoms with E-state index in [4.69, 9.17) is 11.6 Å². The Morgan fingerprint density at radius 1 is 1.21 bits per heavy atom. The Morgan fingerprint density at radius 3 is 2.47 bits per heavy atom. The normalized spacial score (nSPS) is 17.5. The highest BCUT2D eigenvalue weighted by Crippen LogP contribution is 2.42. The predicted molar refractivity (Wildman–Crippen MR) is 74.5 cm³/mol. The summed E-state index contributed by atoms with van der Waals surface area (Å²) < 4.78 is 1.60. The Bertz CT molecular complexity index is 569. The van der Waals surface area contributed by atoms with Crippen molar-refractivity contribution in [2.45, 2.75) is 31.1 Å². The van der Waals surface area contributed by atoms with Crippen molar-refractivity contribution in [3.63, 3.8) is 0 Å². The molecule has 1 aromatic carbocycles. The van der Waals surface area contributed by atoms with Crippen LogP contribution in [-0.2, 0) is 5.41 Å². The van der Waals surface area contributed by atoms with E-state index in [2.05, 4.69) is 4.98 Å². The summed E-state index contributed by atoms with van der Waals surface area (Å²) in [6.45, 7) is 0. The zero-order chi connectivity index (χ0) is 13.3. The van der Waals surface area contributed by atoms with Crippen molar-refractivity contribution in [1.82, 2.24) is 9.55 Å². The van der Waals surface area contributed by atoms with Crippen molar-refractivity contribution in [2.24, 2.45) is 0 Å². The molecular formula is C15H15ClN2O. The van der Waals surface area contributed by atoms with Gasteiger partial charge in [-0.25, -0.2) is 4.98 Å². The first-order valence-corrected chi connectivity index (χ1v) is 6.89. The number of hydrogen-bond donors (Lipinski definition) is 0. The van der Waals surface area contributed by atoms with Crippen molar-refractivity contribution < 1.29 is 4.79 Å². The molecule has 3 nitrogen and oxygen atoms in total. The van der Waals surface area contributed by atoms with E-state index in [1.807, 2.05) is 24.3 Å². The molecule has 1 saturated carbocycles. The fourth-order valence-electron chi connectivity index (χ4n) is 3.00. The van der Waals surface area contributed by atoms with Crippen molar-refractivity contribution in [2.75, 3.05) is 0 Å². The molecule has 1 aromatic heterocycles. The van der Waals surface area contributed by atoms with Gasteiger partial charge < -0.3 is 0 Å². The number of carbonyl (C=O) groups excluding carboxylic acids is 1. The first kappa shape index (κ1) is 12.4. The van der Waals surface area contributed by atoms with E-state index in [0.717, 1.165) is 31.2 Å². The summed E-state index contributed by atoms with van der Waals surface area (Å²) in [5.74, 6) is 0.116. The Hall–Kier alpha value is -1.61. The summed E-state index contributed by atoms with van der Waals surface area (Å²) in [6.07, 6.45) is 8.91. The van der Waals surface area contributed by atoms with Crippen molar-refractivity contribution >= 4 is 17.5 Å². The van der Waals surface area contributed by atoms with Crippen LogP contribution in [0.15, 0.2) is 43.0 Å². The smallest absolute Gasteiger partial charge is 0.242 e. The van der Waals surface area contributed by atoms with Crippen LogP contribution in [0.25, 0.3) is 0 Å². The minimum absolute atomic E-state index is 0.116. The molecule has 19 heavy (non-hydrogen) atoms. The number of benzene rings is 1. The Kier molecular flexibility index (Phi) is 3.15. The fraction of sp³-hybridized carbons (Fsp3) is 0.333. The lowest BCUT2D eigenvalue weighted by Crippen LogP contribution is -2.36. The fourth-order valence-corrected chi connectivity index (χ4v) is 3.13. The molecule has 2 aromatic rings. The first-order valence-electron chi connectivity index (χ1n) is 6.51. The first-order chi connectivity index (χ1) is 9.22. The molecule has 0 aliphatic heterocycles. The molecule has 1 heterocycles. The minimum atomic E-state index is -0.411. The highest BCUT2D eigenvalue weighted by atomic mass is 35.5. The zero-order valence-corrected chi connectivity index (χ0v) is 11.3. The van der Waals surface area contributed by atoms with Crippen LogP contribution in [0.5, 0.6) is 0 Å². The number of halogens is 1. The van der Waals surface area contributed by atoms with Crippen molar-refractivity contribution in [1.29, 1.82) is 0 Å². The minimum Gasteiger partial charge on any atom is -0.276 e. The summed E-state index contributed by atoms with van der Waals surface area (Å²) in [6, 6.07) is 7.67. The van der Waals surface area contributed by atoms with E-state index >= 15 is 0 Å². The number of aromatic nitrogens is 2. The standard InChI is InChI=1S/C15H15ClN2O/c16-13-5-3-12(4-6-13)15(7-1-2-8-15)14(19)18-10-9-17-11-18/h3-6,9-11H,1-2,7-8H2. The van der Waals surface area contributed by atoms with Gasteiger partial charge in [-0.2, -0.15) is 0 Å². The van der Waals surface area contributed by atoms with E-state index in [0.29, 0.717) is 5.02 Å². The maximum Gasteiger partial charge on any atom is 0.242 e. The van der Waals surface area contributed by atoms with Crippen LogP contribution in [0.4, 0.5) is 0 Å². The predicted octanol–water partition coefficient (Wildman–Crippen LogP) is 3.69. The molecule has 1 aliphatic rings. The second kappa shape index (κ2) is 4.82. The molecule has 0 spiro atoms. The van der Waals surface area contributed by atoms with Gasteiger partial charge in [0.2, 0.25) is 5.91 Å². The maximum absolute atomic E-state index is 12.8. The second-order valence-electron chi connectivity index (χ2n) is 5.07. The molecule has 0 saturated heterocycles. The van der Waals surface area contributed by atoms with Gasteiger partial charge in [-0.3, -0.25) is 9.36 Å². The van der Waals surface area contributed by atoms with E-state index in [1.165, 1.54) is 0 Å². The highest BCUT2D eigenvalue weighted by Gasteiger charge is 2.43. The summed E-state index contributed by atoms with van der Waals surface area (Å²) >= 11 is 5.94. The number of rotatable bonds is 2. The van der Waals surface area contributed by atoms with Crippen LogP contribution >= 0.6 is 11.6 Å². The van der Waals surface area contributed by atoms with Crippen LogP contribution in [0.3, 0.4) is 0 Å².